The van der Waals surface area contributed by atoms with E-state index < -0.39 is 14.3 Å². The average molecular weight is 258 g/mol. The van der Waals surface area contributed by atoms with Crippen LogP contribution >= 0.6 is 0 Å². The van der Waals surface area contributed by atoms with E-state index in [2.05, 4.69) is 0 Å². The summed E-state index contributed by atoms with van der Waals surface area (Å²) in [6.07, 6.45) is 1.29. The smallest absolute Gasteiger partial charge is 0.361 e. The number of hydrogen-bond donors (Lipinski definition) is 0. The second-order valence-electron chi connectivity index (χ2n) is 4.10. The first-order chi connectivity index (χ1) is 7.86. The monoisotopic (exact) mass is 258 g/mol. The van der Waals surface area contributed by atoms with Gasteiger partial charge in [0.05, 0.1) is 0 Å². The van der Waals surface area contributed by atoms with Crippen LogP contribution in [0.1, 0.15) is 27.7 Å². The molecular weight excluding hydrogens is 236 g/mol. The molecule has 0 fully saturated rings. The van der Waals surface area contributed by atoms with Gasteiger partial charge in [0.2, 0.25) is 11.6 Å². The van der Waals surface area contributed by atoms with Crippen molar-refractivity contribution in [2.24, 2.45) is 5.92 Å². The van der Waals surface area contributed by atoms with Crippen LogP contribution in [-0.4, -0.2) is 33.3 Å². The highest BCUT2D eigenvalue weighted by atomic mass is 28.4. The first-order valence-electron chi connectivity index (χ1n) is 5.91. The molecule has 0 amide bonds. The first-order valence-corrected chi connectivity index (χ1v) is 8.31. The van der Waals surface area contributed by atoms with E-state index >= 15 is 0 Å². The van der Waals surface area contributed by atoms with Gasteiger partial charge in [-0.25, -0.2) is 0 Å². The van der Waals surface area contributed by atoms with Gasteiger partial charge < -0.3 is 8.85 Å². The lowest BCUT2D eigenvalue weighted by atomic mass is 10.1. The van der Waals surface area contributed by atoms with E-state index in [4.69, 9.17) is 8.85 Å². The number of allylic oxidation sites excluding steroid dienone is 1. The fourth-order valence-electron chi connectivity index (χ4n) is 1.30. The van der Waals surface area contributed by atoms with E-state index in [0.29, 0.717) is 13.2 Å². The van der Waals surface area contributed by atoms with Crippen molar-refractivity contribution in [3.63, 3.8) is 0 Å². The fraction of sp³-hybridized carbons (Fsp3) is 0.667. The van der Waals surface area contributed by atoms with Crippen LogP contribution in [0.25, 0.3) is 0 Å². The van der Waals surface area contributed by atoms with Crippen LogP contribution in [0, 0.1) is 5.92 Å². The van der Waals surface area contributed by atoms with Crippen LogP contribution in [0.5, 0.6) is 0 Å². The average Bonchev–Trinajstić information content (AvgIpc) is 2.25. The van der Waals surface area contributed by atoms with Gasteiger partial charge in [0, 0.05) is 19.1 Å². The molecule has 0 rings (SSSR count). The maximum absolute atomic E-state index is 11.5. The second-order valence-corrected chi connectivity index (χ2v) is 7.04. The summed E-state index contributed by atoms with van der Waals surface area (Å²) < 4.78 is 11.1. The zero-order valence-corrected chi connectivity index (χ0v) is 12.3. The Morgan fingerprint density at radius 3 is 2.00 bits per heavy atom. The zero-order valence-electron chi connectivity index (χ0n) is 11.3. The van der Waals surface area contributed by atoms with Gasteiger partial charge in [-0.1, -0.05) is 13.8 Å². The Hall–Kier alpha value is -0.783. The number of carbonyl (C=O) groups is 2. The quantitative estimate of drug-likeness (QED) is 0.380. The van der Waals surface area contributed by atoms with Crippen molar-refractivity contribution in [2.45, 2.75) is 34.2 Å². The molecule has 0 aromatic heterocycles. The third-order valence-corrected chi connectivity index (χ3v) is 4.66. The Bertz CT molecular complexity index is 291. The molecule has 0 bridgehead atoms. The normalized spacial score (nSPS) is 12.4. The highest BCUT2D eigenvalue weighted by Gasteiger charge is 2.28. The van der Waals surface area contributed by atoms with Crippen LogP contribution < -0.4 is 0 Å². The predicted molar refractivity (Wildman–Crippen MR) is 68.9 cm³/mol. The van der Waals surface area contributed by atoms with Crippen molar-refractivity contribution in [3.8, 4) is 0 Å². The van der Waals surface area contributed by atoms with Crippen molar-refractivity contribution in [1.82, 2.24) is 0 Å². The summed E-state index contributed by atoms with van der Waals surface area (Å²) in [7, 11) is -2.45. The van der Waals surface area contributed by atoms with Gasteiger partial charge in [0.1, 0.15) is 0 Å². The molecule has 0 aliphatic carbocycles. The molecule has 0 atom stereocenters. The van der Waals surface area contributed by atoms with E-state index in [0.717, 1.165) is 0 Å². The van der Waals surface area contributed by atoms with Crippen molar-refractivity contribution in [3.05, 3.63) is 11.8 Å². The molecule has 4 nitrogen and oxygen atoms in total. The van der Waals surface area contributed by atoms with E-state index in [1.165, 1.54) is 6.08 Å². The molecule has 0 radical (unpaired) electrons. The van der Waals surface area contributed by atoms with Crippen LogP contribution in [0.2, 0.25) is 6.55 Å². The van der Waals surface area contributed by atoms with Crippen molar-refractivity contribution >= 4 is 20.1 Å². The molecule has 0 aliphatic heterocycles. The lowest BCUT2D eigenvalue weighted by molar-refractivity contribution is -0.135. The molecule has 0 saturated carbocycles. The Labute approximate surface area is 104 Å². The largest absolute Gasteiger partial charge is 0.392 e. The van der Waals surface area contributed by atoms with Gasteiger partial charge in [-0.15, -0.1) is 0 Å². The lowest BCUT2D eigenvalue weighted by Gasteiger charge is -2.21. The third-order valence-electron chi connectivity index (χ3n) is 2.17. The number of Topliss-reactive ketones (excluding diaryl/α,β-unsaturated/α-hetero) is 1. The minimum absolute atomic E-state index is 0.278. The van der Waals surface area contributed by atoms with Crippen molar-refractivity contribution < 1.29 is 18.4 Å². The first kappa shape index (κ1) is 16.2. The van der Waals surface area contributed by atoms with E-state index in [1.54, 1.807) is 19.5 Å². The molecule has 17 heavy (non-hydrogen) atoms. The van der Waals surface area contributed by atoms with Crippen molar-refractivity contribution in [1.29, 1.82) is 0 Å². The molecule has 0 aliphatic rings. The molecular formula is C12H22O4Si. The van der Waals surface area contributed by atoms with Gasteiger partial charge in [0.25, 0.3) is 0 Å². The topological polar surface area (TPSA) is 52.6 Å². The van der Waals surface area contributed by atoms with Crippen molar-refractivity contribution in [2.75, 3.05) is 13.2 Å². The molecule has 0 N–H and O–H groups in total. The summed E-state index contributed by atoms with van der Waals surface area (Å²) >= 11 is 0. The maximum atomic E-state index is 11.5. The number of hydrogen-bond acceptors (Lipinski definition) is 4. The summed E-state index contributed by atoms with van der Waals surface area (Å²) in [5.74, 6) is -1.15. The van der Waals surface area contributed by atoms with Gasteiger partial charge in [-0.2, -0.15) is 0 Å². The summed E-state index contributed by atoms with van der Waals surface area (Å²) in [5.41, 5.74) is 1.63. The van der Waals surface area contributed by atoms with Gasteiger partial charge in [-0.3, -0.25) is 9.59 Å². The molecule has 0 unspecified atom stereocenters. The highest BCUT2D eigenvalue weighted by Crippen LogP contribution is 2.09. The second kappa shape index (κ2) is 7.52. The SMILES string of the molecule is CCO[Si](C)(C=CC(=O)C(=O)C(C)C)OCC. The summed E-state index contributed by atoms with van der Waals surface area (Å²) in [4.78, 5) is 22.9. The predicted octanol–water partition coefficient (Wildman–Crippen LogP) is 2.02. The summed E-state index contributed by atoms with van der Waals surface area (Å²) in [6, 6.07) is 0. The maximum Gasteiger partial charge on any atom is 0.361 e. The molecule has 0 aromatic rings. The van der Waals surface area contributed by atoms with Gasteiger partial charge in [0.15, 0.2) is 0 Å². The zero-order chi connectivity index (χ0) is 13.5. The van der Waals surface area contributed by atoms with Crippen LogP contribution in [0.15, 0.2) is 11.8 Å². The van der Waals surface area contributed by atoms with Crippen LogP contribution in [0.3, 0.4) is 0 Å². The van der Waals surface area contributed by atoms with Gasteiger partial charge in [-0.05, 0) is 32.2 Å². The van der Waals surface area contributed by atoms with Gasteiger partial charge >= 0.3 is 8.56 Å². The summed E-state index contributed by atoms with van der Waals surface area (Å²) in [5, 5.41) is 0. The highest BCUT2D eigenvalue weighted by molar-refractivity contribution is 6.72. The molecule has 98 valence electrons. The Balaban J connectivity index is 4.65. The van der Waals surface area contributed by atoms with E-state index in [-0.39, 0.29) is 11.7 Å². The number of ketones is 2. The standard InChI is InChI=1S/C12H22O4Si/c1-6-15-17(5,16-7-2)9-8-11(13)12(14)10(3)4/h8-10H,6-7H2,1-5H3. The minimum Gasteiger partial charge on any atom is -0.392 e. The molecule has 5 heteroatoms. The van der Waals surface area contributed by atoms with Crippen LogP contribution in [-0.2, 0) is 18.4 Å². The Morgan fingerprint density at radius 2 is 1.65 bits per heavy atom. The molecule has 0 spiro atoms. The molecule has 0 saturated heterocycles. The molecule has 0 aromatic carbocycles. The lowest BCUT2D eigenvalue weighted by Crippen LogP contribution is -2.37. The van der Waals surface area contributed by atoms with E-state index in [9.17, 15) is 9.59 Å². The minimum atomic E-state index is -2.45. The summed E-state index contributed by atoms with van der Waals surface area (Å²) in [6.45, 7) is 10.1. The fourth-order valence-corrected chi connectivity index (χ4v) is 3.18. The third kappa shape index (κ3) is 5.91. The Kier molecular flexibility index (Phi) is 7.18. The molecule has 0 heterocycles. The van der Waals surface area contributed by atoms with Crippen LogP contribution in [0.4, 0.5) is 0 Å². The number of rotatable bonds is 8. The Morgan fingerprint density at radius 1 is 1.18 bits per heavy atom. The van der Waals surface area contributed by atoms with E-state index in [1.807, 2.05) is 20.4 Å². The number of carbonyl (C=O) groups excluding carboxylic acids is 2.